The topological polar surface area (TPSA) is 46.9 Å². The first kappa shape index (κ1) is 15.1. The summed E-state index contributed by atoms with van der Waals surface area (Å²) in [4.78, 5) is 16.2. The van der Waals surface area contributed by atoms with Crippen LogP contribution in [0.15, 0.2) is 12.1 Å². The van der Waals surface area contributed by atoms with Crippen LogP contribution in [0.5, 0.6) is 0 Å². The molecule has 0 aliphatic rings. The van der Waals surface area contributed by atoms with Crippen molar-refractivity contribution in [1.29, 1.82) is 0 Å². The molecule has 0 fully saturated rings. The van der Waals surface area contributed by atoms with E-state index in [4.69, 9.17) is 23.2 Å². The van der Waals surface area contributed by atoms with Crippen molar-refractivity contribution in [1.82, 2.24) is 14.9 Å². The number of fused-ring (bicyclic) bond motifs is 1. The monoisotopic (exact) mass is 317 g/mol. The van der Waals surface area contributed by atoms with Crippen LogP contribution in [0, 0.1) is 5.82 Å². The summed E-state index contributed by atoms with van der Waals surface area (Å²) in [6.45, 7) is 3.45. The minimum atomic E-state index is -0.557. The number of rotatable bonds is 3. The van der Waals surface area contributed by atoms with Crippen LogP contribution in [0.25, 0.3) is 11.0 Å². The first-order valence-corrected chi connectivity index (χ1v) is 6.90. The van der Waals surface area contributed by atoms with Crippen molar-refractivity contribution < 1.29 is 9.18 Å². The van der Waals surface area contributed by atoms with E-state index in [0.717, 1.165) is 0 Å². The van der Waals surface area contributed by atoms with Crippen molar-refractivity contribution in [3.8, 4) is 0 Å². The number of alkyl halides is 1. The highest BCUT2D eigenvalue weighted by molar-refractivity contribution is 6.31. The smallest absolute Gasteiger partial charge is 0.242 e. The molecule has 0 saturated carbocycles. The Morgan fingerprint density at radius 2 is 2.10 bits per heavy atom. The molecule has 0 radical (unpaired) electrons. The number of nitrogens with one attached hydrogen (secondary N) is 1. The third-order valence-electron chi connectivity index (χ3n) is 3.13. The van der Waals surface area contributed by atoms with Gasteiger partial charge in [0.1, 0.15) is 17.7 Å². The third-order valence-corrected chi connectivity index (χ3v) is 3.61. The van der Waals surface area contributed by atoms with E-state index < -0.39 is 17.2 Å². The number of carbonyl (C=O) groups excluding carboxylic acids is 1. The van der Waals surface area contributed by atoms with Gasteiger partial charge in [0.15, 0.2) is 0 Å². The van der Waals surface area contributed by atoms with Crippen LogP contribution < -0.4 is 5.32 Å². The van der Waals surface area contributed by atoms with Gasteiger partial charge >= 0.3 is 0 Å². The number of carbonyl (C=O) groups is 1. The van der Waals surface area contributed by atoms with Gasteiger partial charge in [0.05, 0.1) is 21.4 Å². The molecular formula is C13H14Cl2FN3O. The lowest BCUT2D eigenvalue weighted by atomic mass is 10.2. The molecule has 0 aliphatic heterocycles. The standard InChI is InChI=1S/C13H14Cl2FN3O/c1-6(14)12-18-10-4-8(15)9(16)5-11(10)19(12)7(2)13(20)17-3/h4-7H,1-3H3,(H,17,20). The van der Waals surface area contributed by atoms with Gasteiger partial charge in [-0.05, 0) is 19.9 Å². The Labute approximate surface area is 125 Å². The SMILES string of the molecule is CNC(=O)C(C)n1c(C(C)Cl)nc2cc(Cl)c(F)cc21. The highest BCUT2D eigenvalue weighted by Crippen LogP contribution is 2.30. The Bertz CT molecular complexity index is 669. The van der Waals surface area contributed by atoms with E-state index in [1.165, 1.54) is 12.1 Å². The molecule has 0 aliphatic carbocycles. The normalized spacial score (nSPS) is 14.3. The Kier molecular flexibility index (Phi) is 4.20. The van der Waals surface area contributed by atoms with E-state index in [2.05, 4.69) is 10.3 Å². The summed E-state index contributed by atoms with van der Waals surface area (Å²) in [5, 5.41) is 2.13. The zero-order valence-corrected chi connectivity index (χ0v) is 12.8. The van der Waals surface area contributed by atoms with Gasteiger partial charge < -0.3 is 9.88 Å². The second-order valence-electron chi connectivity index (χ2n) is 4.50. The second kappa shape index (κ2) is 5.58. The van der Waals surface area contributed by atoms with Gasteiger partial charge in [0.2, 0.25) is 5.91 Å². The van der Waals surface area contributed by atoms with Gasteiger partial charge in [-0.3, -0.25) is 4.79 Å². The van der Waals surface area contributed by atoms with Gasteiger partial charge in [-0.25, -0.2) is 9.37 Å². The first-order valence-electron chi connectivity index (χ1n) is 6.09. The van der Waals surface area contributed by atoms with E-state index in [-0.39, 0.29) is 10.9 Å². The van der Waals surface area contributed by atoms with Crippen molar-refractivity contribution in [2.45, 2.75) is 25.3 Å². The molecule has 20 heavy (non-hydrogen) atoms. The van der Waals surface area contributed by atoms with Crippen molar-refractivity contribution in [2.75, 3.05) is 7.05 Å². The van der Waals surface area contributed by atoms with Crippen molar-refractivity contribution in [3.05, 3.63) is 28.8 Å². The molecule has 2 unspecified atom stereocenters. The maximum absolute atomic E-state index is 13.7. The minimum absolute atomic E-state index is 0.0106. The van der Waals surface area contributed by atoms with Crippen LogP contribution in [0.4, 0.5) is 4.39 Å². The summed E-state index contributed by atoms with van der Waals surface area (Å²) < 4.78 is 15.3. The fraction of sp³-hybridized carbons (Fsp3) is 0.385. The number of hydrogen-bond acceptors (Lipinski definition) is 2. The Hall–Kier alpha value is -1.33. The summed E-state index contributed by atoms with van der Waals surface area (Å²) in [6, 6.07) is 2.15. The van der Waals surface area contributed by atoms with Gasteiger partial charge in [0, 0.05) is 13.1 Å². The fourth-order valence-corrected chi connectivity index (χ4v) is 2.43. The van der Waals surface area contributed by atoms with E-state index in [9.17, 15) is 9.18 Å². The van der Waals surface area contributed by atoms with E-state index >= 15 is 0 Å². The lowest BCUT2D eigenvalue weighted by molar-refractivity contribution is -0.123. The van der Waals surface area contributed by atoms with Crippen molar-refractivity contribution in [2.24, 2.45) is 0 Å². The molecule has 7 heteroatoms. The maximum Gasteiger partial charge on any atom is 0.242 e. The van der Waals surface area contributed by atoms with Crippen molar-refractivity contribution in [3.63, 3.8) is 0 Å². The molecule has 1 aromatic carbocycles. The van der Waals surface area contributed by atoms with Gasteiger partial charge in [-0.15, -0.1) is 11.6 Å². The lowest BCUT2D eigenvalue weighted by Crippen LogP contribution is -2.28. The predicted octanol–water partition coefficient (Wildman–Crippen LogP) is 3.44. The van der Waals surface area contributed by atoms with Crippen LogP contribution in [-0.2, 0) is 4.79 Å². The second-order valence-corrected chi connectivity index (χ2v) is 5.56. The molecule has 0 bridgehead atoms. The lowest BCUT2D eigenvalue weighted by Gasteiger charge is -2.17. The largest absolute Gasteiger partial charge is 0.357 e. The molecule has 1 amide bonds. The molecule has 1 N–H and O–H groups in total. The third kappa shape index (κ3) is 2.47. The highest BCUT2D eigenvalue weighted by Gasteiger charge is 2.23. The summed E-state index contributed by atoms with van der Waals surface area (Å²) in [5.41, 5.74) is 1.00. The van der Waals surface area contributed by atoms with Crippen molar-refractivity contribution >= 4 is 40.1 Å². The summed E-state index contributed by atoms with van der Waals surface area (Å²) >= 11 is 11.9. The number of hydrogen-bond donors (Lipinski definition) is 1. The Morgan fingerprint density at radius 1 is 1.45 bits per heavy atom. The van der Waals surface area contributed by atoms with Crippen LogP contribution in [-0.4, -0.2) is 22.5 Å². The van der Waals surface area contributed by atoms with Crippen LogP contribution >= 0.6 is 23.2 Å². The fourth-order valence-electron chi connectivity index (χ4n) is 2.12. The molecule has 2 atom stereocenters. The summed E-state index contributed by atoms with van der Waals surface area (Å²) in [5.74, 6) is -0.268. The van der Waals surface area contributed by atoms with Gasteiger partial charge in [-0.2, -0.15) is 0 Å². The molecule has 0 spiro atoms. The molecule has 1 heterocycles. The van der Waals surface area contributed by atoms with Crippen LogP contribution in [0.1, 0.15) is 31.1 Å². The summed E-state index contributed by atoms with van der Waals surface area (Å²) in [6.07, 6.45) is 0. The highest BCUT2D eigenvalue weighted by atomic mass is 35.5. The average molecular weight is 318 g/mol. The molecular weight excluding hydrogens is 304 g/mol. The maximum atomic E-state index is 13.7. The zero-order chi connectivity index (χ0) is 15.0. The van der Waals surface area contributed by atoms with E-state index in [0.29, 0.717) is 16.9 Å². The number of benzene rings is 1. The number of likely N-dealkylation sites (N-methyl/N-ethyl adjacent to an activating group) is 1. The molecule has 2 aromatic rings. The molecule has 1 aromatic heterocycles. The number of nitrogens with zero attached hydrogens (tertiary/aromatic N) is 2. The molecule has 0 saturated heterocycles. The molecule has 4 nitrogen and oxygen atoms in total. The Balaban J connectivity index is 2.74. The number of imidazole rings is 1. The van der Waals surface area contributed by atoms with Gasteiger partial charge in [-0.1, -0.05) is 11.6 Å². The zero-order valence-electron chi connectivity index (χ0n) is 11.2. The number of amides is 1. The summed E-state index contributed by atoms with van der Waals surface area (Å²) in [7, 11) is 1.54. The van der Waals surface area contributed by atoms with Crippen LogP contribution in [0.3, 0.4) is 0 Å². The first-order chi connectivity index (χ1) is 9.36. The quantitative estimate of drug-likeness (QED) is 0.881. The van der Waals surface area contributed by atoms with Crippen LogP contribution in [0.2, 0.25) is 5.02 Å². The molecule has 108 valence electrons. The minimum Gasteiger partial charge on any atom is -0.357 e. The number of halogens is 3. The Morgan fingerprint density at radius 3 is 2.65 bits per heavy atom. The molecule has 2 rings (SSSR count). The van der Waals surface area contributed by atoms with E-state index in [1.54, 1.807) is 25.5 Å². The average Bonchev–Trinajstić information content (AvgIpc) is 2.76. The van der Waals surface area contributed by atoms with E-state index in [1.807, 2.05) is 0 Å². The predicted molar refractivity (Wildman–Crippen MR) is 77.7 cm³/mol. The number of aromatic nitrogens is 2. The van der Waals surface area contributed by atoms with Gasteiger partial charge in [0.25, 0.3) is 0 Å².